The van der Waals surface area contributed by atoms with Crippen molar-refractivity contribution >= 4 is 17.5 Å². The summed E-state index contributed by atoms with van der Waals surface area (Å²) in [6, 6.07) is 2.61. The molecule has 0 radical (unpaired) electrons. The molecule has 0 bridgehead atoms. The van der Waals surface area contributed by atoms with Gasteiger partial charge in [-0.25, -0.2) is 4.39 Å². The molecular weight excluding hydrogens is 249 g/mol. The third kappa shape index (κ3) is 2.83. The fraction of sp³-hybridized carbons (Fsp3) is 0.385. The molecule has 0 aromatic heterocycles. The highest BCUT2D eigenvalue weighted by Crippen LogP contribution is 2.19. The fourth-order valence-electron chi connectivity index (χ4n) is 1.99. The van der Waals surface area contributed by atoms with Crippen LogP contribution in [0.5, 0.6) is 0 Å². The Morgan fingerprint density at radius 3 is 2.89 bits per heavy atom. The third-order valence-electron chi connectivity index (χ3n) is 3.18. The summed E-state index contributed by atoms with van der Waals surface area (Å²) in [5.41, 5.74) is 6.40. The van der Waals surface area contributed by atoms with Crippen LogP contribution in [0.4, 0.5) is 10.1 Å². The van der Waals surface area contributed by atoms with Gasteiger partial charge in [0.2, 0.25) is 5.91 Å². The number of benzene rings is 1. The summed E-state index contributed by atoms with van der Waals surface area (Å²) in [4.78, 5) is 25.1. The van der Waals surface area contributed by atoms with E-state index in [9.17, 15) is 14.0 Å². The number of nitrogen functional groups attached to an aromatic ring is 1. The summed E-state index contributed by atoms with van der Waals surface area (Å²) >= 11 is 0. The standard InChI is InChI=1S/C13H16FN3O2/c1-8-10(14)5-9(6-11(8)15)13(19)17-4-2-3-16-12(18)7-17/h5-6H,2-4,7,15H2,1H3,(H,16,18). The van der Waals surface area contributed by atoms with Gasteiger partial charge in [-0.3, -0.25) is 9.59 Å². The van der Waals surface area contributed by atoms with Crippen LogP contribution in [-0.4, -0.2) is 36.3 Å². The van der Waals surface area contributed by atoms with E-state index in [2.05, 4.69) is 5.32 Å². The summed E-state index contributed by atoms with van der Waals surface area (Å²) in [7, 11) is 0. The quantitative estimate of drug-likeness (QED) is 0.733. The van der Waals surface area contributed by atoms with Crippen LogP contribution in [0.15, 0.2) is 12.1 Å². The van der Waals surface area contributed by atoms with Gasteiger partial charge in [0.1, 0.15) is 5.82 Å². The minimum absolute atomic E-state index is 0.00572. The lowest BCUT2D eigenvalue weighted by Gasteiger charge is -2.19. The SMILES string of the molecule is Cc1c(N)cc(C(=O)N2CCCNC(=O)C2)cc1F. The first-order chi connectivity index (χ1) is 8.99. The van der Waals surface area contributed by atoms with Gasteiger partial charge in [-0.05, 0) is 25.5 Å². The fourth-order valence-corrected chi connectivity index (χ4v) is 1.99. The van der Waals surface area contributed by atoms with Gasteiger partial charge in [0.15, 0.2) is 0 Å². The van der Waals surface area contributed by atoms with E-state index in [4.69, 9.17) is 5.73 Å². The molecule has 5 nitrogen and oxygen atoms in total. The number of halogens is 1. The molecule has 1 aromatic rings. The Labute approximate surface area is 110 Å². The van der Waals surface area contributed by atoms with Crippen molar-refractivity contribution in [2.45, 2.75) is 13.3 Å². The van der Waals surface area contributed by atoms with E-state index in [-0.39, 0.29) is 29.6 Å². The Morgan fingerprint density at radius 1 is 1.47 bits per heavy atom. The van der Waals surface area contributed by atoms with Crippen LogP contribution in [0.2, 0.25) is 0 Å². The molecule has 3 N–H and O–H groups in total. The molecule has 1 saturated heterocycles. The summed E-state index contributed by atoms with van der Waals surface area (Å²) in [5.74, 6) is -1.09. The highest BCUT2D eigenvalue weighted by atomic mass is 19.1. The number of nitrogens with two attached hydrogens (primary N) is 1. The Balaban J connectivity index is 2.25. The monoisotopic (exact) mass is 265 g/mol. The highest BCUT2D eigenvalue weighted by Gasteiger charge is 2.22. The van der Waals surface area contributed by atoms with E-state index >= 15 is 0 Å². The second-order valence-electron chi connectivity index (χ2n) is 4.60. The van der Waals surface area contributed by atoms with E-state index in [0.29, 0.717) is 25.1 Å². The number of nitrogens with zero attached hydrogens (tertiary/aromatic N) is 1. The zero-order chi connectivity index (χ0) is 14.0. The maximum Gasteiger partial charge on any atom is 0.254 e. The van der Waals surface area contributed by atoms with Crippen LogP contribution < -0.4 is 11.1 Å². The van der Waals surface area contributed by atoms with E-state index in [1.54, 1.807) is 6.92 Å². The average Bonchev–Trinajstić information content (AvgIpc) is 2.59. The predicted molar refractivity (Wildman–Crippen MR) is 69.1 cm³/mol. The Hall–Kier alpha value is -2.11. The molecule has 0 atom stereocenters. The summed E-state index contributed by atoms with van der Waals surface area (Å²) in [5, 5.41) is 2.68. The van der Waals surface area contributed by atoms with Crippen LogP contribution in [-0.2, 0) is 4.79 Å². The molecule has 1 aromatic carbocycles. The molecule has 0 aliphatic carbocycles. The summed E-state index contributed by atoms with van der Waals surface area (Å²) < 4.78 is 13.6. The van der Waals surface area contributed by atoms with Crippen molar-refractivity contribution in [3.8, 4) is 0 Å². The van der Waals surface area contributed by atoms with Gasteiger partial charge < -0.3 is 16.0 Å². The number of hydrogen-bond donors (Lipinski definition) is 2. The van der Waals surface area contributed by atoms with Crippen LogP contribution in [0.1, 0.15) is 22.3 Å². The van der Waals surface area contributed by atoms with Gasteiger partial charge in [-0.1, -0.05) is 0 Å². The molecule has 1 aliphatic rings. The lowest BCUT2D eigenvalue weighted by Crippen LogP contribution is -2.37. The van der Waals surface area contributed by atoms with Crippen molar-refractivity contribution in [3.05, 3.63) is 29.1 Å². The van der Waals surface area contributed by atoms with Crippen molar-refractivity contribution in [2.24, 2.45) is 0 Å². The maximum atomic E-state index is 13.6. The van der Waals surface area contributed by atoms with E-state index in [0.717, 1.165) is 6.07 Å². The predicted octanol–water partition coefficient (Wildman–Crippen LogP) is 0.678. The molecule has 102 valence electrons. The first kappa shape index (κ1) is 13.3. The van der Waals surface area contributed by atoms with Crippen molar-refractivity contribution in [1.82, 2.24) is 10.2 Å². The Bertz CT molecular complexity index is 508. The van der Waals surface area contributed by atoms with E-state index in [1.807, 2.05) is 0 Å². The first-order valence-corrected chi connectivity index (χ1v) is 6.10. The van der Waals surface area contributed by atoms with Gasteiger partial charge in [0, 0.05) is 29.9 Å². The number of nitrogens with one attached hydrogen (secondary N) is 1. The molecule has 1 fully saturated rings. The molecule has 1 heterocycles. The number of anilines is 1. The zero-order valence-electron chi connectivity index (χ0n) is 10.7. The normalized spacial score (nSPS) is 15.9. The Kier molecular flexibility index (Phi) is 3.69. The number of carbonyl (C=O) groups excluding carboxylic acids is 2. The number of rotatable bonds is 1. The molecule has 0 saturated carbocycles. The second kappa shape index (κ2) is 5.26. The van der Waals surface area contributed by atoms with Gasteiger partial charge >= 0.3 is 0 Å². The molecule has 0 spiro atoms. The number of carbonyl (C=O) groups is 2. The van der Waals surface area contributed by atoms with Crippen molar-refractivity contribution < 1.29 is 14.0 Å². The molecule has 6 heteroatoms. The summed E-state index contributed by atoms with van der Waals surface area (Å²) in [6.07, 6.45) is 0.682. The summed E-state index contributed by atoms with van der Waals surface area (Å²) in [6.45, 7) is 2.56. The minimum atomic E-state index is -0.511. The second-order valence-corrected chi connectivity index (χ2v) is 4.60. The lowest BCUT2D eigenvalue weighted by atomic mass is 10.1. The number of hydrogen-bond acceptors (Lipinski definition) is 3. The van der Waals surface area contributed by atoms with Gasteiger partial charge in [-0.2, -0.15) is 0 Å². The van der Waals surface area contributed by atoms with Gasteiger partial charge in [0.25, 0.3) is 5.91 Å². The smallest absolute Gasteiger partial charge is 0.254 e. The number of amides is 2. The molecule has 0 unspecified atom stereocenters. The zero-order valence-corrected chi connectivity index (χ0v) is 10.7. The van der Waals surface area contributed by atoms with E-state index in [1.165, 1.54) is 11.0 Å². The highest BCUT2D eigenvalue weighted by molar-refractivity contribution is 5.97. The van der Waals surface area contributed by atoms with Crippen molar-refractivity contribution in [1.29, 1.82) is 0 Å². The average molecular weight is 265 g/mol. The van der Waals surface area contributed by atoms with Crippen molar-refractivity contribution in [2.75, 3.05) is 25.4 Å². The van der Waals surface area contributed by atoms with Crippen molar-refractivity contribution in [3.63, 3.8) is 0 Å². The van der Waals surface area contributed by atoms with Crippen LogP contribution in [0.3, 0.4) is 0 Å². The minimum Gasteiger partial charge on any atom is -0.398 e. The largest absolute Gasteiger partial charge is 0.398 e. The van der Waals surface area contributed by atoms with Crippen LogP contribution >= 0.6 is 0 Å². The molecule has 2 rings (SSSR count). The van der Waals surface area contributed by atoms with E-state index < -0.39 is 5.82 Å². The lowest BCUT2D eigenvalue weighted by molar-refractivity contribution is -0.121. The molecule has 1 aliphatic heterocycles. The van der Waals surface area contributed by atoms with Gasteiger partial charge in [-0.15, -0.1) is 0 Å². The maximum absolute atomic E-state index is 13.6. The molecular formula is C13H16FN3O2. The Morgan fingerprint density at radius 2 is 2.21 bits per heavy atom. The van der Waals surface area contributed by atoms with Crippen LogP contribution in [0, 0.1) is 12.7 Å². The first-order valence-electron chi connectivity index (χ1n) is 6.10. The van der Waals surface area contributed by atoms with Gasteiger partial charge in [0.05, 0.1) is 6.54 Å². The molecule has 19 heavy (non-hydrogen) atoms. The topological polar surface area (TPSA) is 75.4 Å². The third-order valence-corrected chi connectivity index (χ3v) is 3.18. The van der Waals surface area contributed by atoms with Crippen LogP contribution in [0.25, 0.3) is 0 Å². The molecule has 2 amide bonds.